The Morgan fingerprint density at radius 1 is 1.06 bits per heavy atom. The smallest absolute Gasteiger partial charge is 0.242 e. The average Bonchev–Trinajstić information content (AvgIpc) is 3.23. The maximum atomic E-state index is 13.2. The Hall–Kier alpha value is -3.13. The molecule has 2 saturated heterocycles. The predicted molar refractivity (Wildman–Crippen MR) is 129 cm³/mol. The molecule has 2 fully saturated rings. The summed E-state index contributed by atoms with van der Waals surface area (Å²) in [5.74, 6) is 0.425. The molecule has 34 heavy (non-hydrogen) atoms. The van der Waals surface area contributed by atoms with E-state index >= 15 is 0 Å². The zero-order valence-electron chi connectivity index (χ0n) is 19.7. The minimum absolute atomic E-state index is 0.0285. The van der Waals surface area contributed by atoms with Crippen molar-refractivity contribution in [1.29, 1.82) is 0 Å². The van der Waals surface area contributed by atoms with Gasteiger partial charge in [-0.2, -0.15) is 0 Å². The summed E-state index contributed by atoms with van der Waals surface area (Å²) < 4.78 is 18.4. The van der Waals surface area contributed by atoms with E-state index in [2.05, 4.69) is 27.2 Å². The second-order valence-corrected chi connectivity index (χ2v) is 8.87. The average molecular weight is 469 g/mol. The van der Waals surface area contributed by atoms with Crippen molar-refractivity contribution in [3.8, 4) is 5.75 Å². The molecule has 2 aliphatic rings. The van der Waals surface area contributed by atoms with Crippen LogP contribution in [0.15, 0.2) is 48.5 Å². The number of rotatable bonds is 9. The van der Waals surface area contributed by atoms with Gasteiger partial charge in [-0.25, -0.2) is 4.39 Å². The van der Waals surface area contributed by atoms with Gasteiger partial charge in [0.1, 0.15) is 17.6 Å². The Bertz CT molecular complexity index is 959. The Kier molecular flexibility index (Phi) is 8.00. The van der Waals surface area contributed by atoms with Crippen LogP contribution >= 0.6 is 0 Å². The van der Waals surface area contributed by atoms with Crippen LogP contribution in [-0.2, 0) is 16.1 Å². The van der Waals surface area contributed by atoms with Gasteiger partial charge in [-0.1, -0.05) is 12.1 Å². The van der Waals surface area contributed by atoms with E-state index in [4.69, 9.17) is 4.74 Å². The second kappa shape index (κ2) is 11.3. The zero-order chi connectivity index (χ0) is 23.9. The number of anilines is 1. The molecule has 182 valence electrons. The van der Waals surface area contributed by atoms with E-state index in [9.17, 15) is 14.0 Å². The monoisotopic (exact) mass is 468 g/mol. The van der Waals surface area contributed by atoms with Crippen molar-refractivity contribution in [2.24, 2.45) is 0 Å². The molecule has 1 atom stereocenters. The number of halogens is 1. The Morgan fingerprint density at radius 3 is 2.44 bits per heavy atom. The maximum absolute atomic E-state index is 13.2. The van der Waals surface area contributed by atoms with E-state index in [-0.39, 0.29) is 17.6 Å². The second-order valence-electron chi connectivity index (χ2n) is 8.87. The van der Waals surface area contributed by atoms with Crippen molar-refractivity contribution >= 4 is 17.5 Å². The number of piperazine rings is 1. The van der Waals surface area contributed by atoms with Gasteiger partial charge in [0.25, 0.3) is 0 Å². The number of ether oxygens (including phenoxy) is 1. The number of likely N-dealkylation sites (tertiary alicyclic amines) is 1. The molecule has 0 spiro atoms. The zero-order valence-corrected chi connectivity index (χ0v) is 19.7. The molecule has 0 bridgehead atoms. The van der Waals surface area contributed by atoms with Crippen LogP contribution in [0, 0.1) is 5.82 Å². The van der Waals surface area contributed by atoms with Crippen molar-refractivity contribution in [2.45, 2.75) is 31.8 Å². The number of carbonyl (C=O) groups excluding carboxylic acids is 2. The standard InChI is InChI=1S/C26H33FN4O3/c1-34-23-9-7-22(8-10-23)30-17-15-29(16-18-30)14-2-13-28-26(33)24-11-12-25(32)31(24)19-20-3-5-21(27)6-4-20/h3-10,24H,2,11-19H2,1H3,(H,28,33)/t24-/m0/s1. The van der Waals surface area contributed by atoms with Gasteiger partial charge in [0, 0.05) is 51.4 Å². The lowest BCUT2D eigenvalue weighted by Crippen LogP contribution is -2.47. The third kappa shape index (κ3) is 6.05. The molecule has 0 saturated carbocycles. The highest BCUT2D eigenvalue weighted by atomic mass is 19.1. The molecule has 7 nitrogen and oxygen atoms in total. The fourth-order valence-corrected chi connectivity index (χ4v) is 4.65. The Morgan fingerprint density at radius 2 is 1.76 bits per heavy atom. The summed E-state index contributed by atoms with van der Waals surface area (Å²) in [6.45, 7) is 5.77. The molecule has 2 aromatic carbocycles. The fourth-order valence-electron chi connectivity index (χ4n) is 4.65. The topological polar surface area (TPSA) is 65.1 Å². The molecule has 8 heteroatoms. The van der Waals surface area contributed by atoms with Crippen LogP contribution in [0.3, 0.4) is 0 Å². The van der Waals surface area contributed by atoms with Crippen molar-refractivity contribution in [1.82, 2.24) is 15.1 Å². The highest BCUT2D eigenvalue weighted by Gasteiger charge is 2.35. The molecular formula is C26H33FN4O3. The minimum Gasteiger partial charge on any atom is -0.497 e. The van der Waals surface area contributed by atoms with Gasteiger partial charge in [-0.3, -0.25) is 14.5 Å². The summed E-state index contributed by atoms with van der Waals surface area (Å²) in [5, 5.41) is 3.01. The summed E-state index contributed by atoms with van der Waals surface area (Å²) in [6, 6.07) is 13.8. The quantitative estimate of drug-likeness (QED) is 0.574. The number of nitrogens with one attached hydrogen (secondary N) is 1. The third-order valence-corrected chi connectivity index (χ3v) is 6.66. The molecule has 0 aliphatic carbocycles. The van der Waals surface area contributed by atoms with Crippen LogP contribution in [0.25, 0.3) is 0 Å². The number of nitrogens with zero attached hydrogens (tertiary/aromatic N) is 3. The number of methoxy groups -OCH3 is 1. The van der Waals surface area contributed by atoms with Crippen LogP contribution in [0.2, 0.25) is 0 Å². The number of hydrogen-bond acceptors (Lipinski definition) is 5. The SMILES string of the molecule is COc1ccc(N2CCN(CCCNC(=O)[C@@H]3CCC(=O)N3Cc3ccc(F)cc3)CC2)cc1. The first-order valence-corrected chi connectivity index (χ1v) is 12.0. The minimum atomic E-state index is -0.453. The van der Waals surface area contributed by atoms with E-state index in [1.807, 2.05) is 12.1 Å². The van der Waals surface area contributed by atoms with Gasteiger partial charge in [-0.05, 0) is 61.3 Å². The van der Waals surface area contributed by atoms with Crippen molar-refractivity contribution in [3.63, 3.8) is 0 Å². The number of carbonyl (C=O) groups is 2. The lowest BCUT2D eigenvalue weighted by Gasteiger charge is -2.36. The molecular weight excluding hydrogens is 435 g/mol. The normalized spacial score (nSPS) is 18.9. The lowest BCUT2D eigenvalue weighted by molar-refractivity contribution is -0.135. The van der Waals surface area contributed by atoms with Crippen LogP contribution < -0.4 is 15.0 Å². The molecule has 0 radical (unpaired) electrons. The van der Waals surface area contributed by atoms with Crippen LogP contribution in [0.5, 0.6) is 5.75 Å². The van der Waals surface area contributed by atoms with Crippen LogP contribution in [0.4, 0.5) is 10.1 Å². The third-order valence-electron chi connectivity index (χ3n) is 6.66. The van der Waals surface area contributed by atoms with E-state index in [0.29, 0.717) is 25.9 Å². The molecule has 2 amide bonds. The van der Waals surface area contributed by atoms with Gasteiger partial charge in [0.05, 0.1) is 7.11 Å². The summed E-state index contributed by atoms with van der Waals surface area (Å²) in [4.78, 5) is 31.5. The van der Waals surface area contributed by atoms with Gasteiger partial charge in [0.2, 0.25) is 11.8 Å². The molecule has 4 rings (SSSR count). The summed E-state index contributed by atoms with van der Waals surface area (Å²) in [7, 11) is 1.67. The van der Waals surface area contributed by atoms with Gasteiger partial charge in [-0.15, -0.1) is 0 Å². The maximum Gasteiger partial charge on any atom is 0.242 e. The predicted octanol–water partition coefficient (Wildman–Crippen LogP) is 2.65. The fraction of sp³-hybridized carbons (Fsp3) is 0.462. The van der Waals surface area contributed by atoms with Crippen molar-refractivity contribution < 1.29 is 18.7 Å². The molecule has 2 aromatic rings. The Labute approximate surface area is 200 Å². The van der Waals surface area contributed by atoms with Crippen LogP contribution in [0.1, 0.15) is 24.8 Å². The lowest BCUT2D eigenvalue weighted by atomic mass is 10.1. The van der Waals surface area contributed by atoms with E-state index in [0.717, 1.165) is 50.5 Å². The summed E-state index contributed by atoms with van der Waals surface area (Å²) in [5.41, 5.74) is 2.03. The number of hydrogen-bond donors (Lipinski definition) is 1. The van der Waals surface area contributed by atoms with Gasteiger partial charge >= 0.3 is 0 Å². The first-order valence-electron chi connectivity index (χ1n) is 12.0. The van der Waals surface area contributed by atoms with E-state index < -0.39 is 6.04 Å². The van der Waals surface area contributed by atoms with E-state index in [1.165, 1.54) is 17.8 Å². The van der Waals surface area contributed by atoms with Crippen LogP contribution in [-0.4, -0.2) is 74.0 Å². The molecule has 0 aromatic heterocycles. The number of benzene rings is 2. The summed E-state index contributed by atoms with van der Waals surface area (Å²) in [6.07, 6.45) is 1.77. The molecule has 2 aliphatic heterocycles. The van der Waals surface area contributed by atoms with Crippen molar-refractivity contribution in [2.75, 3.05) is 51.3 Å². The van der Waals surface area contributed by atoms with Gasteiger partial charge < -0.3 is 19.9 Å². The highest BCUT2D eigenvalue weighted by molar-refractivity contribution is 5.90. The molecule has 1 N–H and O–H groups in total. The highest BCUT2D eigenvalue weighted by Crippen LogP contribution is 2.22. The van der Waals surface area contributed by atoms with Gasteiger partial charge in [0.15, 0.2) is 0 Å². The Balaban J connectivity index is 1.17. The molecule has 0 unspecified atom stereocenters. The summed E-state index contributed by atoms with van der Waals surface area (Å²) >= 11 is 0. The largest absolute Gasteiger partial charge is 0.497 e. The number of amides is 2. The molecule has 2 heterocycles. The first-order chi connectivity index (χ1) is 16.5. The first kappa shape index (κ1) is 24.0. The van der Waals surface area contributed by atoms with Crippen molar-refractivity contribution in [3.05, 3.63) is 59.9 Å². The van der Waals surface area contributed by atoms with E-state index in [1.54, 1.807) is 24.1 Å².